The zero-order valence-corrected chi connectivity index (χ0v) is 18.1. The molecule has 7 nitrogen and oxygen atoms in total. The summed E-state index contributed by atoms with van der Waals surface area (Å²) in [7, 11) is 0. The van der Waals surface area contributed by atoms with Crippen molar-refractivity contribution in [3.63, 3.8) is 0 Å². The van der Waals surface area contributed by atoms with Crippen LogP contribution in [-0.4, -0.2) is 34.8 Å². The van der Waals surface area contributed by atoms with E-state index in [2.05, 4.69) is 20.6 Å². The second-order valence-corrected chi connectivity index (χ2v) is 7.93. The predicted molar refractivity (Wildman–Crippen MR) is 112 cm³/mol. The van der Waals surface area contributed by atoms with Gasteiger partial charge in [0.05, 0.1) is 11.1 Å². The summed E-state index contributed by atoms with van der Waals surface area (Å²) in [6.45, 7) is 4.40. The van der Waals surface area contributed by atoms with E-state index in [1.165, 1.54) is 6.07 Å². The van der Waals surface area contributed by atoms with E-state index in [-0.39, 0.29) is 34.2 Å². The summed E-state index contributed by atoms with van der Waals surface area (Å²) in [6.07, 6.45) is -0.920. The van der Waals surface area contributed by atoms with E-state index < -0.39 is 25.0 Å². The van der Waals surface area contributed by atoms with Crippen molar-refractivity contribution in [3.05, 3.63) is 45.7 Å². The predicted octanol–water partition coefficient (Wildman–Crippen LogP) is 4.23. The molecule has 0 bridgehead atoms. The van der Waals surface area contributed by atoms with Gasteiger partial charge in [-0.1, -0.05) is 17.7 Å². The number of ether oxygens (including phenoxy) is 1. The third kappa shape index (κ3) is 6.10. The topological polar surface area (TPSA) is 93.2 Å². The molecule has 1 fully saturated rings. The van der Waals surface area contributed by atoms with Gasteiger partial charge >= 0.3 is 0 Å². The molecule has 1 aliphatic rings. The van der Waals surface area contributed by atoms with Gasteiger partial charge in [0.25, 0.3) is 12.3 Å². The molecule has 0 spiro atoms. The first-order valence-corrected chi connectivity index (χ1v) is 10.2. The van der Waals surface area contributed by atoms with E-state index in [0.717, 1.165) is 12.8 Å². The van der Waals surface area contributed by atoms with Crippen molar-refractivity contribution >= 4 is 29.4 Å². The lowest BCUT2D eigenvalue weighted by atomic mass is 10.0. The van der Waals surface area contributed by atoms with Crippen LogP contribution in [-0.2, 0) is 4.79 Å². The van der Waals surface area contributed by atoms with Gasteiger partial charge in [-0.05, 0) is 56.9 Å². The maximum Gasteiger partial charge on any atom is 0.272 e. The molecule has 2 aromatic rings. The minimum Gasteiger partial charge on any atom is -0.486 e. The minimum atomic E-state index is -2.61. The Bertz CT molecular complexity index is 976. The van der Waals surface area contributed by atoms with Gasteiger partial charge in [-0.25, -0.2) is 18.7 Å². The zero-order valence-electron chi connectivity index (χ0n) is 17.3. The lowest BCUT2D eigenvalue weighted by Gasteiger charge is -2.18. The fourth-order valence-corrected chi connectivity index (χ4v) is 3.32. The number of rotatable bonds is 8. The van der Waals surface area contributed by atoms with Crippen LogP contribution in [0.15, 0.2) is 18.2 Å². The van der Waals surface area contributed by atoms with Crippen LogP contribution in [0.1, 0.15) is 53.1 Å². The Kier molecular flexibility index (Phi) is 7.04. The van der Waals surface area contributed by atoms with Crippen LogP contribution in [0.3, 0.4) is 0 Å². The van der Waals surface area contributed by atoms with Crippen molar-refractivity contribution < 1.29 is 23.1 Å². The van der Waals surface area contributed by atoms with Gasteiger partial charge < -0.3 is 10.1 Å². The third-order valence-corrected chi connectivity index (χ3v) is 5.00. The highest BCUT2D eigenvalue weighted by Crippen LogP contribution is 2.32. The Hall–Kier alpha value is -2.81. The fourth-order valence-electron chi connectivity index (χ4n) is 2.99. The normalized spacial score (nSPS) is 14.3. The molecule has 1 unspecified atom stereocenters. The first-order chi connectivity index (χ1) is 14.6. The van der Waals surface area contributed by atoms with Crippen LogP contribution >= 0.6 is 11.6 Å². The molecule has 0 radical (unpaired) electrons. The monoisotopic (exact) mass is 452 g/mol. The number of halogens is 3. The van der Waals surface area contributed by atoms with Gasteiger partial charge in [0, 0.05) is 11.6 Å². The fraction of sp³-hybridized carbons (Fsp3) is 0.429. The Morgan fingerprint density at radius 3 is 2.55 bits per heavy atom. The van der Waals surface area contributed by atoms with Crippen molar-refractivity contribution in [2.24, 2.45) is 5.92 Å². The Balaban J connectivity index is 1.71. The van der Waals surface area contributed by atoms with E-state index in [1.54, 1.807) is 32.9 Å². The Morgan fingerprint density at radius 2 is 1.94 bits per heavy atom. The molecular formula is C21H23ClF2N4O3. The van der Waals surface area contributed by atoms with Gasteiger partial charge in [-0.3, -0.25) is 14.9 Å². The molecule has 1 saturated carbocycles. The number of benzene rings is 1. The summed E-state index contributed by atoms with van der Waals surface area (Å²) in [5, 5.41) is 5.64. The highest BCUT2D eigenvalue weighted by molar-refractivity contribution is 6.32. The summed E-state index contributed by atoms with van der Waals surface area (Å²) >= 11 is 6.19. The van der Waals surface area contributed by atoms with E-state index in [4.69, 9.17) is 16.3 Å². The van der Waals surface area contributed by atoms with Crippen LogP contribution < -0.4 is 15.4 Å². The maximum atomic E-state index is 12.7. The largest absolute Gasteiger partial charge is 0.486 e. The third-order valence-electron chi connectivity index (χ3n) is 4.72. The van der Waals surface area contributed by atoms with Crippen molar-refractivity contribution in [1.82, 2.24) is 15.3 Å². The van der Waals surface area contributed by atoms with Crippen LogP contribution in [0.4, 0.5) is 14.7 Å². The number of alkyl halides is 2. The smallest absolute Gasteiger partial charge is 0.272 e. The molecule has 3 rings (SSSR count). The number of amides is 2. The average molecular weight is 453 g/mol. The number of anilines is 1. The summed E-state index contributed by atoms with van der Waals surface area (Å²) in [4.78, 5) is 33.0. The summed E-state index contributed by atoms with van der Waals surface area (Å²) in [6, 6.07) is 4.35. The number of carbonyl (C=O) groups excluding carboxylic acids is 2. The van der Waals surface area contributed by atoms with E-state index in [1.807, 2.05) is 0 Å². The molecule has 1 aromatic carbocycles. The lowest BCUT2D eigenvalue weighted by Crippen LogP contribution is -2.28. The van der Waals surface area contributed by atoms with E-state index in [9.17, 15) is 18.4 Å². The molecule has 1 atom stereocenters. The van der Waals surface area contributed by atoms with E-state index >= 15 is 0 Å². The minimum absolute atomic E-state index is 0.0120. The standard InChI is InChI=1S/C21H23ClF2N4O3/c1-10-6-14(8-15(22)18(10)31-9-17(23)24)12(3)26-20(30)16-7-11(2)25-21(27-16)28-19(29)13-4-5-13/h6-8,12-13,17H,4-5,9H2,1-3H3,(H,26,30)(H,25,27,28,29). The molecule has 0 saturated heterocycles. The first-order valence-electron chi connectivity index (χ1n) is 9.82. The van der Waals surface area contributed by atoms with Crippen LogP contribution in [0, 0.1) is 19.8 Å². The van der Waals surface area contributed by atoms with Gasteiger partial charge in [-0.15, -0.1) is 0 Å². The molecule has 2 amide bonds. The van der Waals surface area contributed by atoms with Gasteiger partial charge in [-0.2, -0.15) is 0 Å². The molecular weight excluding hydrogens is 430 g/mol. The highest BCUT2D eigenvalue weighted by Gasteiger charge is 2.30. The number of hydrogen-bond acceptors (Lipinski definition) is 5. The number of nitrogens with zero attached hydrogens (tertiary/aromatic N) is 2. The van der Waals surface area contributed by atoms with Gasteiger partial charge in [0.2, 0.25) is 11.9 Å². The molecule has 31 heavy (non-hydrogen) atoms. The quantitative estimate of drug-likeness (QED) is 0.625. The summed E-state index contributed by atoms with van der Waals surface area (Å²) in [5.74, 6) is -0.334. The maximum absolute atomic E-state index is 12.7. The molecule has 1 heterocycles. The van der Waals surface area contributed by atoms with Crippen molar-refractivity contribution in [1.29, 1.82) is 0 Å². The second kappa shape index (κ2) is 9.55. The number of carbonyl (C=O) groups is 2. The molecule has 1 aliphatic carbocycles. The molecule has 166 valence electrons. The van der Waals surface area contributed by atoms with E-state index in [0.29, 0.717) is 16.8 Å². The Morgan fingerprint density at radius 1 is 1.23 bits per heavy atom. The zero-order chi connectivity index (χ0) is 22.7. The highest BCUT2D eigenvalue weighted by atomic mass is 35.5. The summed E-state index contributed by atoms with van der Waals surface area (Å²) in [5.41, 5.74) is 1.91. The second-order valence-electron chi connectivity index (χ2n) is 7.53. The van der Waals surface area contributed by atoms with Gasteiger partial charge in [0.1, 0.15) is 18.1 Å². The number of aromatic nitrogens is 2. The number of nitrogens with one attached hydrogen (secondary N) is 2. The number of hydrogen-bond donors (Lipinski definition) is 2. The Labute approximate surface area is 183 Å². The van der Waals surface area contributed by atoms with Crippen molar-refractivity contribution in [2.75, 3.05) is 11.9 Å². The van der Waals surface area contributed by atoms with Crippen LogP contribution in [0.25, 0.3) is 0 Å². The average Bonchev–Trinajstić information content (AvgIpc) is 3.51. The number of aryl methyl sites for hydroxylation is 2. The lowest BCUT2D eigenvalue weighted by molar-refractivity contribution is -0.117. The molecule has 2 N–H and O–H groups in total. The van der Waals surface area contributed by atoms with Crippen LogP contribution in [0.2, 0.25) is 5.02 Å². The first kappa shape index (κ1) is 22.9. The molecule has 10 heteroatoms. The summed E-state index contributed by atoms with van der Waals surface area (Å²) < 4.78 is 29.9. The van der Waals surface area contributed by atoms with Crippen LogP contribution in [0.5, 0.6) is 5.75 Å². The van der Waals surface area contributed by atoms with Crippen molar-refractivity contribution in [2.45, 2.75) is 46.1 Å². The van der Waals surface area contributed by atoms with Gasteiger partial charge in [0.15, 0.2) is 0 Å². The molecule has 0 aliphatic heterocycles. The van der Waals surface area contributed by atoms with Crippen molar-refractivity contribution in [3.8, 4) is 5.75 Å². The SMILES string of the molecule is Cc1cc(C(=O)NC(C)c2cc(C)c(OCC(F)F)c(Cl)c2)nc(NC(=O)C2CC2)n1. The molecule has 1 aromatic heterocycles.